The number of alkyl halides is 3. The molecule has 2 aromatic carbocycles. The Hall–Kier alpha value is -3.22. The van der Waals surface area contributed by atoms with Gasteiger partial charge in [0.15, 0.2) is 16.4 Å². The molecular formula is C33H38F3N4O4PS2. The monoisotopic (exact) mass is 706 g/mol. The standard InChI is InChI=1S/C33H38F3N4O4PS2/c1-45(2,41)25-12-13-28(30(21-25)44-18-14-37)38-15-4-7-31-27(22-33(34,35)36)26-5-3-6-29(32(26)46-31)39-23-8-10-24(11-9-23)40-16-19-47(42,43)20-17-40/h3,5-6,12-13,21,23-24,38-39H,8-11,15-20,22H2,1-2H3. The van der Waals surface area contributed by atoms with Gasteiger partial charge in [-0.1, -0.05) is 24.0 Å². The van der Waals surface area contributed by atoms with Gasteiger partial charge < -0.3 is 19.9 Å². The molecule has 8 nitrogen and oxygen atoms in total. The van der Waals surface area contributed by atoms with Gasteiger partial charge in [0.2, 0.25) is 0 Å². The summed E-state index contributed by atoms with van der Waals surface area (Å²) in [6, 6.07) is 12.8. The van der Waals surface area contributed by atoms with Crippen molar-refractivity contribution in [2.45, 2.75) is 50.4 Å². The number of nitriles is 1. The van der Waals surface area contributed by atoms with E-state index in [1.165, 1.54) is 11.3 Å². The quantitative estimate of drug-likeness (QED) is 0.204. The van der Waals surface area contributed by atoms with Crippen LogP contribution in [0.3, 0.4) is 0 Å². The van der Waals surface area contributed by atoms with Crippen molar-refractivity contribution in [3.05, 3.63) is 46.8 Å². The van der Waals surface area contributed by atoms with E-state index in [1.807, 2.05) is 12.1 Å². The minimum absolute atomic E-state index is 0.106. The summed E-state index contributed by atoms with van der Waals surface area (Å²) in [5.74, 6) is 6.68. The molecule has 1 aromatic heterocycles. The zero-order valence-electron chi connectivity index (χ0n) is 26.3. The van der Waals surface area contributed by atoms with E-state index in [0.29, 0.717) is 46.1 Å². The number of rotatable bonds is 9. The molecule has 2 aliphatic rings. The van der Waals surface area contributed by atoms with Crippen LogP contribution in [-0.2, 0) is 20.8 Å². The summed E-state index contributed by atoms with van der Waals surface area (Å²) >= 11 is 1.25. The highest BCUT2D eigenvalue weighted by atomic mass is 32.2. The fourth-order valence-electron chi connectivity index (χ4n) is 6.14. The number of thiophene rings is 1. The highest BCUT2D eigenvalue weighted by Gasteiger charge is 2.32. The topological polar surface area (TPSA) is 112 Å². The molecule has 0 atom stereocenters. The Morgan fingerprint density at radius 3 is 2.47 bits per heavy atom. The normalized spacial score (nSPS) is 20.2. The molecular weight excluding hydrogens is 668 g/mol. The van der Waals surface area contributed by atoms with Gasteiger partial charge in [-0.25, -0.2) is 8.42 Å². The van der Waals surface area contributed by atoms with Crippen molar-refractivity contribution in [2.24, 2.45) is 0 Å². The SMILES string of the molecule is CP(C)(=O)c1ccc(NCC#Cc2sc3c(NC4CCC(N5CCS(=O)(=O)CC5)CC4)cccc3c2CC(F)(F)F)c(OCC#N)c1. The summed E-state index contributed by atoms with van der Waals surface area (Å²) in [4.78, 5) is 2.64. The minimum atomic E-state index is -4.41. The zero-order chi connectivity index (χ0) is 33.8. The fourth-order valence-corrected chi connectivity index (χ4v) is 9.41. The smallest absolute Gasteiger partial charge is 0.393 e. The number of nitrogens with one attached hydrogen (secondary N) is 2. The molecule has 0 radical (unpaired) electrons. The van der Waals surface area contributed by atoms with Gasteiger partial charge in [-0.05, 0) is 74.2 Å². The summed E-state index contributed by atoms with van der Waals surface area (Å²) in [6.45, 7) is 4.33. The van der Waals surface area contributed by atoms with E-state index in [0.717, 1.165) is 36.1 Å². The van der Waals surface area contributed by atoms with Crippen molar-refractivity contribution in [2.75, 3.05) is 61.7 Å². The molecule has 1 aliphatic carbocycles. The summed E-state index contributed by atoms with van der Waals surface area (Å²) in [5.41, 5.74) is 1.48. The predicted molar refractivity (Wildman–Crippen MR) is 183 cm³/mol. The molecule has 2 N–H and O–H groups in total. The van der Waals surface area contributed by atoms with Gasteiger partial charge in [-0.2, -0.15) is 18.4 Å². The number of hydrogen-bond donors (Lipinski definition) is 2. The van der Waals surface area contributed by atoms with Crippen LogP contribution in [0.15, 0.2) is 36.4 Å². The van der Waals surface area contributed by atoms with Crippen LogP contribution < -0.4 is 20.7 Å². The number of benzene rings is 2. The van der Waals surface area contributed by atoms with Gasteiger partial charge in [0.25, 0.3) is 0 Å². The van der Waals surface area contributed by atoms with Crippen molar-refractivity contribution < 1.29 is 30.9 Å². The first-order valence-electron chi connectivity index (χ1n) is 15.5. The molecule has 1 saturated heterocycles. The Labute approximate surface area is 278 Å². The predicted octanol–water partition coefficient (Wildman–Crippen LogP) is 6.07. The van der Waals surface area contributed by atoms with E-state index in [-0.39, 0.29) is 36.3 Å². The molecule has 0 bridgehead atoms. The first-order chi connectivity index (χ1) is 22.2. The Morgan fingerprint density at radius 1 is 1.09 bits per heavy atom. The molecule has 1 saturated carbocycles. The number of hydrogen-bond acceptors (Lipinski definition) is 9. The van der Waals surface area contributed by atoms with Crippen molar-refractivity contribution in [1.29, 1.82) is 5.26 Å². The van der Waals surface area contributed by atoms with Crippen molar-refractivity contribution in [3.8, 4) is 23.7 Å². The van der Waals surface area contributed by atoms with E-state index < -0.39 is 29.6 Å². The van der Waals surface area contributed by atoms with Crippen molar-refractivity contribution in [3.63, 3.8) is 0 Å². The lowest BCUT2D eigenvalue weighted by Crippen LogP contribution is -2.48. The molecule has 14 heteroatoms. The third-order valence-electron chi connectivity index (χ3n) is 8.60. The van der Waals surface area contributed by atoms with Crippen LogP contribution in [-0.4, -0.2) is 82.7 Å². The lowest BCUT2D eigenvalue weighted by atomic mass is 9.90. The third kappa shape index (κ3) is 9.23. The zero-order valence-corrected chi connectivity index (χ0v) is 28.8. The second-order valence-corrected chi connectivity index (χ2v) is 18.9. The van der Waals surface area contributed by atoms with E-state index in [9.17, 15) is 26.2 Å². The number of ether oxygens (including phenoxy) is 1. The van der Waals surface area contributed by atoms with Gasteiger partial charge in [0, 0.05) is 30.5 Å². The highest BCUT2D eigenvalue weighted by Crippen LogP contribution is 2.40. The van der Waals surface area contributed by atoms with Crippen LogP contribution in [0.25, 0.3) is 10.1 Å². The minimum Gasteiger partial charge on any atom is -0.477 e. The Kier molecular flexibility index (Phi) is 10.8. The van der Waals surface area contributed by atoms with Gasteiger partial charge in [0.05, 0.1) is 45.4 Å². The highest BCUT2D eigenvalue weighted by molar-refractivity contribution is 7.91. The van der Waals surface area contributed by atoms with E-state index in [4.69, 9.17) is 10.00 Å². The maximum absolute atomic E-state index is 13.7. The van der Waals surface area contributed by atoms with Crippen LogP contribution in [0.5, 0.6) is 5.75 Å². The van der Waals surface area contributed by atoms with Crippen LogP contribution >= 0.6 is 18.5 Å². The Balaban J connectivity index is 1.31. The lowest BCUT2D eigenvalue weighted by Gasteiger charge is -2.39. The summed E-state index contributed by atoms with van der Waals surface area (Å²) in [7, 11) is -5.50. The molecule has 252 valence electrons. The third-order valence-corrected chi connectivity index (χ3v) is 12.9. The molecule has 1 aliphatic heterocycles. The Morgan fingerprint density at radius 2 is 1.81 bits per heavy atom. The first kappa shape index (κ1) is 35.1. The fraction of sp³-hybridized carbons (Fsp3) is 0.485. The summed E-state index contributed by atoms with van der Waals surface area (Å²) < 4.78 is 83.7. The van der Waals surface area contributed by atoms with Crippen LogP contribution in [0, 0.1) is 23.2 Å². The average molecular weight is 707 g/mol. The Bertz CT molecular complexity index is 1850. The van der Waals surface area contributed by atoms with Gasteiger partial charge >= 0.3 is 6.18 Å². The number of fused-ring (bicyclic) bond motifs is 1. The molecule has 2 heterocycles. The number of halogens is 3. The average Bonchev–Trinajstić information content (AvgIpc) is 3.35. The van der Waals surface area contributed by atoms with Crippen LogP contribution in [0.1, 0.15) is 36.1 Å². The largest absolute Gasteiger partial charge is 0.477 e. The number of nitrogens with zero attached hydrogens (tertiary/aromatic N) is 2. The molecule has 0 spiro atoms. The van der Waals surface area contributed by atoms with Crippen molar-refractivity contribution in [1.82, 2.24) is 4.90 Å². The van der Waals surface area contributed by atoms with E-state index >= 15 is 0 Å². The first-order valence-corrected chi connectivity index (χ1v) is 20.7. The number of anilines is 2. The molecule has 2 fully saturated rings. The van der Waals surface area contributed by atoms with E-state index in [2.05, 4.69) is 27.4 Å². The lowest BCUT2D eigenvalue weighted by molar-refractivity contribution is -0.126. The maximum Gasteiger partial charge on any atom is 0.393 e. The molecule has 5 rings (SSSR count). The van der Waals surface area contributed by atoms with Crippen LogP contribution in [0.4, 0.5) is 24.5 Å². The second kappa shape index (κ2) is 14.5. The summed E-state index contributed by atoms with van der Waals surface area (Å²) in [6.07, 6.45) is -1.86. The van der Waals surface area contributed by atoms with Gasteiger partial charge in [-0.3, -0.25) is 4.90 Å². The van der Waals surface area contributed by atoms with Gasteiger partial charge in [0.1, 0.15) is 19.0 Å². The molecule has 47 heavy (non-hydrogen) atoms. The maximum atomic E-state index is 13.7. The molecule has 0 unspecified atom stereocenters. The summed E-state index contributed by atoms with van der Waals surface area (Å²) in [5, 5.41) is 16.8. The van der Waals surface area contributed by atoms with Crippen LogP contribution in [0.2, 0.25) is 0 Å². The van der Waals surface area contributed by atoms with Gasteiger partial charge in [-0.15, -0.1) is 11.3 Å². The molecule has 0 amide bonds. The second-order valence-electron chi connectivity index (χ2n) is 12.4. The number of sulfone groups is 1. The van der Waals surface area contributed by atoms with Crippen molar-refractivity contribution >= 4 is 55.1 Å². The molecule has 3 aromatic rings. The van der Waals surface area contributed by atoms with E-state index in [1.54, 1.807) is 43.7 Å².